The third kappa shape index (κ3) is 6.02. The molecule has 0 radical (unpaired) electrons. The van der Waals surface area contributed by atoms with Gasteiger partial charge in [0.15, 0.2) is 11.6 Å². The third-order valence-corrected chi connectivity index (χ3v) is 4.77. The molecule has 1 amide bonds. The van der Waals surface area contributed by atoms with E-state index >= 15 is 0 Å². The van der Waals surface area contributed by atoms with Crippen LogP contribution in [0, 0.1) is 5.82 Å². The van der Waals surface area contributed by atoms with Gasteiger partial charge < -0.3 is 15.0 Å². The molecule has 1 aromatic heterocycles. The molecule has 168 valence electrons. The number of pyridine rings is 1. The van der Waals surface area contributed by atoms with Gasteiger partial charge >= 0.3 is 6.36 Å². The molecule has 1 saturated heterocycles. The van der Waals surface area contributed by atoms with E-state index < -0.39 is 30.0 Å². The number of rotatable bonds is 5. The maximum absolute atomic E-state index is 14.1. The number of alkyl halides is 5. The SMILES string of the molecule is CC(=O)NC1CCN(c2cc(-c3ccc(OC(F)(F)F)c(F)c3)nc(C(F)F)c2)CC1. The molecule has 31 heavy (non-hydrogen) atoms. The smallest absolute Gasteiger partial charge is 0.403 e. The molecular formula is C20H19F6N3O2. The Kier molecular flexibility index (Phi) is 6.61. The van der Waals surface area contributed by atoms with Crippen LogP contribution in [0.4, 0.5) is 32.0 Å². The molecule has 0 aliphatic carbocycles. The normalized spacial score (nSPS) is 15.3. The van der Waals surface area contributed by atoms with Crippen LogP contribution in [0.1, 0.15) is 31.9 Å². The van der Waals surface area contributed by atoms with Crippen molar-refractivity contribution in [3.63, 3.8) is 0 Å². The number of hydrogen-bond donors (Lipinski definition) is 1. The molecular weight excluding hydrogens is 428 g/mol. The second-order valence-corrected chi connectivity index (χ2v) is 7.09. The minimum atomic E-state index is -5.06. The number of carbonyl (C=O) groups excluding carboxylic acids is 1. The number of carbonyl (C=O) groups is 1. The van der Waals surface area contributed by atoms with E-state index in [1.807, 2.05) is 4.90 Å². The van der Waals surface area contributed by atoms with E-state index in [4.69, 9.17) is 0 Å². The van der Waals surface area contributed by atoms with Crippen molar-refractivity contribution >= 4 is 11.6 Å². The maximum Gasteiger partial charge on any atom is 0.573 e. The van der Waals surface area contributed by atoms with E-state index in [0.717, 1.165) is 18.2 Å². The van der Waals surface area contributed by atoms with Crippen molar-refractivity contribution in [2.75, 3.05) is 18.0 Å². The Morgan fingerprint density at radius 3 is 2.42 bits per heavy atom. The minimum Gasteiger partial charge on any atom is -0.403 e. The largest absolute Gasteiger partial charge is 0.573 e. The first kappa shape index (κ1) is 22.7. The zero-order valence-electron chi connectivity index (χ0n) is 16.3. The van der Waals surface area contributed by atoms with Crippen LogP contribution < -0.4 is 15.0 Å². The maximum atomic E-state index is 14.1. The summed E-state index contributed by atoms with van der Waals surface area (Å²) in [6, 6.07) is 5.33. The molecule has 3 rings (SSSR count). The van der Waals surface area contributed by atoms with E-state index in [0.29, 0.717) is 31.6 Å². The van der Waals surface area contributed by atoms with Crippen LogP contribution in [0.5, 0.6) is 5.75 Å². The fourth-order valence-electron chi connectivity index (χ4n) is 3.42. The number of anilines is 1. The summed E-state index contributed by atoms with van der Waals surface area (Å²) in [6.45, 7) is 2.40. The van der Waals surface area contributed by atoms with Crippen molar-refractivity contribution in [1.29, 1.82) is 0 Å². The van der Waals surface area contributed by atoms with Gasteiger partial charge in [-0.1, -0.05) is 0 Å². The molecule has 0 spiro atoms. The number of benzene rings is 1. The lowest BCUT2D eigenvalue weighted by Crippen LogP contribution is -2.44. The van der Waals surface area contributed by atoms with Gasteiger partial charge in [-0.05, 0) is 43.2 Å². The molecule has 2 aromatic rings. The van der Waals surface area contributed by atoms with Crippen LogP contribution in [-0.4, -0.2) is 36.4 Å². The standard InChI is InChI=1S/C20H19F6N3O2/c1-11(30)27-13-4-6-29(7-5-13)14-9-16(28-17(10-14)19(22)23)12-2-3-18(15(21)8-12)31-20(24,25)26/h2-3,8-10,13,19H,4-7H2,1H3,(H,27,30). The molecule has 1 fully saturated rings. The Hall–Kier alpha value is -2.98. The Morgan fingerprint density at radius 2 is 1.87 bits per heavy atom. The highest BCUT2D eigenvalue weighted by Crippen LogP contribution is 2.33. The number of hydrogen-bond acceptors (Lipinski definition) is 4. The van der Waals surface area contributed by atoms with E-state index in [1.165, 1.54) is 19.1 Å². The molecule has 0 bridgehead atoms. The Labute approximate surface area is 174 Å². The lowest BCUT2D eigenvalue weighted by molar-refractivity contribution is -0.275. The predicted octanol–water partition coefficient (Wildman–Crippen LogP) is 4.83. The quantitative estimate of drug-likeness (QED) is 0.668. The minimum absolute atomic E-state index is 0.00533. The van der Waals surface area contributed by atoms with Gasteiger partial charge in [0, 0.05) is 37.3 Å². The lowest BCUT2D eigenvalue weighted by Gasteiger charge is -2.34. The van der Waals surface area contributed by atoms with Crippen LogP contribution in [0.2, 0.25) is 0 Å². The number of nitrogens with one attached hydrogen (secondary N) is 1. The van der Waals surface area contributed by atoms with Gasteiger partial charge in [-0.3, -0.25) is 4.79 Å². The van der Waals surface area contributed by atoms with Gasteiger partial charge in [0.25, 0.3) is 6.43 Å². The molecule has 0 atom stereocenters. The first-order valence-corrected chi connectivity index (χ1v) is 9.39. The number of halogens is 6. The third-order valence-electron chi connectivity index (χ3n) is 4.77. The topological polar surface area (TPSA) is 54.5 Å². The number of nitrogens with zero attached hydrogens (tertiary/aromatic N) is 2. The Balaban J connectivity index is 1.87. The van der Waals surface area contributed by atoms with Crippen LogP contribution in [0.3, 0.4) is 0 Å². The highest BCUT2D eigenvalue weighted by molar-refractivity contribution is 5.73. The summed E-state index contributed by atoms with van der Waals surface area (Å²) in [6.07, 6.45) is -6.74. The Morgan fingerprint density at radius 1 is 1.19 bits per heavy atom. The highest BCUT2D eigenvalue weighted by atomic mass is 19.4. The van der Waals surface area contributed by atoms with Crippen molar-refractivity contribution in [1.82, 2.24) is 10.3 Å². The van der Waals surface area contributed by atoms with Crippen LogP contribution >= 0.6 is 0 Å². The summed E-state index contributed by atoms with van der Waals surface area (Å²) in [5.74, 6) is -2.47. The van der Waals surface area contributed by atoms with Gasteiger partial charge in [0.2, 0.25) is 5.91 Å². The van der Waals surface area contributed by atoms with Gasteiger partial charge in [0.05, 0.1) is 5.69 Å². The molecule has 11 heteroatoms. The summed E-state index contributed by atoms with van der Waals surface area (Å²) < 4.78 is 81.5. The molecule has 5 nitrogen and oxygen atoms in total. The monoisotopic (exact) mass is 447 g/mol. The van der Waals surface area contributed by atoms with E-state index in [2.05, 4.69) is 15.0 Å². The zero-order valence-corrected chi connectivity index (χ0v) is 16.3. The summed E-state index contributed by atoms with van der Waals surface area (Å²) in [7, 11) is 0. The van der Waals surface area contributed by atoms with Crippen molar-refractivity contribution in [3.8, 4) is 17.0 Å². The summed E-state index contributed by atoms with van der Waals surface area (Å²) in [5, 5.41) is 2.82. The van der Waals surface area contributed by atoms with E-state index in [-0.39, 0.29) is 23.2 Å². The van der Waals surface area contributed by atoms with Crippen LogP contribution in [-0.2, 0) is 4.79 Å². The summed E-state index contributed by atoms with van der Waals surface area (Å²) in [5.41, 5.74) is -0.0803. The van der Waals surface area contributed by atoms with Gasteiger partial charge in [-0.2, -0.15) is 0 Å². The number of amides is 1. The molecule has 1 aliphatic rings. The predicted molar refractivity (Wildman–Crippen MR) is 100 cm³/mol. The average Bonchev–Trinajstić information content (AvgIpc) is 2.68. The number of piperidine rings is 1. The van der Waals surface area contributed by atoms with Crippen molar-refractivity contribution in [2.45, 2.75) is 38.6 Å². The Bertz CT molecular complexity index is 943. The second-order valence-electron chi connectivity index (χ2n) is 7.09. The first-order valence-electron chi connectivity index (χ1n) is 9.39. The number of aromatic nitrogens is 1. The fourth-order valence-corrected chi connectivity index (χ4v) is 3.42. The summed E-state index contributed by atoms with van der Waals surface area (Å²) in [4.78, 5) is 16.9. The molecule has 1 N–H and O–H groups in total. The van der Waals surface area contributed by atoms with E-state index in [9.17, 15) is 31.1 Å². The molecule has 1 aromatic carbocycles. The number of ether oxygens (including phenoxy) is 1. The fraction of sp³-hybridized carbons (Fsp3) is 0.400. The molecule has 0 saturated carbocycles. The van der Waals surface area contributed by atoms with Crippen molar-refractivity contribution in [3.05, 3.63) is 41.8 Å². The average molecular weight is 447 g/mol. The molecule has 1 aliphatic heterocycles. The molecule has 2 heterocycles. The zero-order chi connectivity index (χ0) is 22.8. The van der Waals surface area contributed by atoms with Crippen LogP contribution in [0.15, 0.2) is 30.3 Å². The highest BCUT2D eigenvalue weighted by Gasteiger charge is 2.32. The lowest BCUT2D eigenvalue weighted by atomic mass is 10.0. The van der Waals surface area contributed by atoms with Gasteiger partial charge in [0.1, 0.15) is 5.69 Å². The van der Waals surface area contributed by atoms with Gasteiger partial charge in [-0.25, -0.2) is 18.2 Å². The van der Waals surface area contributed by atoms with Crippen molar-refractivity contribution in [2.24, 2.45) is 0 Å². The molecule has 0 unspecified atom stereocenters. The first-order chi connectivity index (χ1) is 14.5. The summed E-state index contributed by atoms with van der Waals surface area (Å²) >= 11 is 0. The second kappa shape index (κ2) is 9.03. The van der Waals surface area contributed by atoms with E-state index in [1.54, 1.807) is 0 Å². The van der Waals surface area contributed by atoms with Crippen molar-refractivity contribution < 1.29 is 35.9 Å². The van der Waals surface area contributed by atoms with Gasteiger partial charge in [-0.15, -0.1) is 13.2 Å². The van der Waals surface area contributed by atoms with Crippen LogP contribution in [0.25, 0.3) is 11.3 Å².